The van der Waals surface area contributed by atoms with E-state index in [-0.39, 0.29) is 12.1 Å². The highest BCUT2D eigenvalue weighted by Crippen LogP contribution is 2.13. The van der Waals surface area contributed by atoms with Gasteiger partial charge in [-0.3, -0.25) is 0 Å². The van der Waals surface area contributed by atoms with E-state index in [1.54, 1.807) is 31.4 Å². The van der Waals surface area contributed by atoms with Crippen LogP contribution in [0.25, 0.3) is 0 Å². The molecule has 0 aliphatic carbocycles. The number of hydrogen-bond donors (Lipinski definition) is 0. The van der Waals surface area contributed by atoms with Gasteiger partial charge in [-0.25, -0.2) is 4.79 Å². The molecule has 0 bridgehead atoms. The fourth-order valence-corrected chi connectivity index (χ4v) is 1.06. The summed E-state index contributed by atoms with van der Waals surface area (Å²) in [5.74, 6) is 0.446. The number of carbonyl (C=O) groups excluding carboxylic acids is 1. The lowest BCUT2D eigenvalue weighted by Crippen LogP contribution is -2.13. The second-order valence-corrected chi connectivity index (χ2v) is 3.35. The van der Waals surface area contributed by atoms with Crippen LogP contribution in [0.4, 0.5) is 0 Å². The minimum absolute atomic E-state index is 0.0420. The van der Waals surface area contributed by atoms with Gasteiger partial charge in [-0.2, -0.15) is 0 Å². The van der Waals surface area contributed by atoms with Crippen LogP contribution in [-0.4, -0.2) is 19.2 Å². The maximum absolute atomic E-state index is 11.6. The Labute approximate surface area is 90.0 Å². The molecule has 3 heteroatoms. The smallest absolute Gasteiger partial charge is 0.338 e. The van der Waals surface area contributed by atoms with Gasteiger partial charge in [0.25, 0.3) is 0 Å². The summed E-state index contributed by atoms with van der Waals surface area (Å²) in [5, 5.41) is 0. The van der Waals surface area contributed by atoms with E-state index in [9.17, 15) is 4.79 Å². The Kier molecular flexibility index (Phi) is 4.16. The first-order valence-corrected chi connectivity index (χ1v) is 5.02. The summed E-state index contributed by atoms with van der Waals surface area (Å²) in [6.07, 6.45) is 0.779. The van der Waals surface area contributed by atoms with Crippen LogP contribution in [0.1, 0.15) is 30.6 Å². The van der Waals surface area contributed by atoms with Crippen molar-refractivity contribution in [2.45, 2.75) is 26.4 Å². The minimum atomic E-state index is -0.285. The lowest BCUT2D eigenvalue weighted by molar-refractivity contribution is 0.0334. The van der Waals surface area contributed by atoms with Crippen LogP contribution in [0.5, 0.6) is 5.75 Å². The number of carbonyl (C=O) groups is 1. The van der Waals surface area contributed by atoms with Crippen LogP contribution in [0.15, 0.2) is 24.3 Å². The molecule has 0 spiro atoms. The number of benzene rings is 1. The van der Waals surface area contributed by atoms with Gasteiger partial charge in [-0.15, -0.1) is 0 Å². The standard InChI is InChI=1S/C12H16O3/c1-4-9(2)15-12(13)10-5-7-11(14-3)8-6-10/h5-9H,4H2,1-3H3. The first-order chi connectivity index (χ1) is 7.17. The fraction of sp³-hybridized carbons (Fsp3) is 0.417. The third-order valence-electron chi connectivity index (χ3n) is 2.21. The Morgan fingerprint density at radius 1 is 1.33 bits per heavy atom. The van der Waals surface area contributed by atoms with Crippen LogP contribution in [-0.2, 0) is 4.74 Å². The first-order valence-electron chi connectivity index (χ1n) is 5.02. The molecule has 1 unspecified atom stereocenters. The second kappa shape index (κ2) is 5.39. The Bertz CT molecular complexity index is 316. The summed E-state index contributed by atoms with van der Waals surface area (Å²) in [6, 6.07) is 6.88. The van der Waals surface area contributed by atoms with Gasteiger partial charge in [0.1, 0.15) is 5.75 Å². The summed E-state index contributed by atoms with van der Waals surface area (Å²) in [4.78, 5) is 11.6. The molecule has 0 N–H and O–H groups in total. The average molecular weight is 208 g/mol. The predicted octanol–water partition coefficient (Wildman–Crippen LogP) is 2.65. The summed E-state index contributed by atoms with van der Waals surface area (Å²) in [7, 11) is 1.59. The predicted molar refractivity (Wildman–Crippen MR) is 58.2 cm³/mol. The highest BCUT2D eigenvalue weighted by Gasteiger charge is 2.10. The zero-order valence-electron chi connectivity index (χ0n) is 9.32. The van der Waals surface area contributed by atoms with Gasteiger partial charge in [-0.05, 0) is 37.6 Å². The van der Waals surface area contributed by atoms with Crippen molar-refractivity contribution in [2.75, 3.05) is 7.11 Å². The molecular weight excluding hydrogens is 192 g/mol. The molecule has 1 aromatic rings. The minimum Gasteiger partial charge on any atom is -0.497 e. The van der Waals surface area contributed by atoms with E-state index in [0.717, 1.165) is 12.2 Å². The molecule has 0 saturated carbocycles. The molecule has 0 aliphatic heterocycles. The average Bonchev–Trinajstić information content (AvgIpc) is 2.29. The molecule has 3 nitrogen and oxygen atoms in total. The van der Waals surface area contributed by atoms with Crippen molar-refractivity contribution in [3.05, 3.63) is 29.8 Å². The van der Waals surface area contributed by atoms with E-state index < -0.39 is 0 Å². The molecule has 0 saturated heterocycles. The Hall–Kier alpha value is -1.51. The molecule has 1 aromatic carbocycles. The van der Waals surface area contributed by atoms with E-state index in [0.29, 0.717) is 5.56 Å². The molecule has 15 heavy (non-hydrogen) atoms. The summed E-state index contributed by atoms with van der Waals surface area (Å²) < 4.78 is 10.2. The van der Waals surface area contributed by atoms with E-state index in [1.165, 1.54) is 0 Å². The molecule has 0 amide bonds. The van der Waals surface area contributed by atoms with E-state index >= 15 is 0 Å². The monoisotopic (exact) mass is 208 g/mol. The SMILES string of the molecule is CCC(C)OC(=O)c1ccc(OC)cc1. The van der Waals surface area contributed by atoms with Crippen molar-refractivity contribution in [1.82, 2.24) is 0 Å². The zero-order chi connectivity index (χ0) is 11.3. The number of rotatable bonds is 4. The summed E-state index contributed by atoms with van der Waals surface area (Å²) in [5.41, 5.74) is 0.552. The van der Waals surface area contributed by atoms with Gasteiger partial charge in [0.05, 0.1) is 18.8 Å². The molecule has 0 fully saturated rings. The molecule has 1 atom stereocenters. The van der Waals surface area contributed by atoms with Gasteiger partial charge in [0.2, 0.25) is 0 Å². The van der Waals surface area contributed by atoms with Crippen LogP contribution >= 0.6 is 0 Å². The maximum atomic E-state index is 11.6. The quantitative estimate of drug-likeness (QED) is 0.713. The molecule has 1 rings (SSSR count). The third-order valence-corrected chi connectivity index (χ3v) is 2.21. The molecular formula is C12H16O3. The fourth-order valence-electron chi connectivity index (χ4n) is 1.06. The number of esters is 1. The van der Waals surface area contributed by atoms with Gasteiger partial charge in [-0.1, -0.05) is 6.92 Å². The largest absolute Gasteiger partial charge is 0.497 e. The zero-order valence-corrected chi connectivity index (χ0v) is 9.32. The number of ether oxygens (including phenoxy) is 2. The van der Waals surface area contributed by atoms with Crippen molar-refractivity contribution in [1.29, 1.82) is 0 Å². The van der Waals surface area contributed by atoms with E-state index in [4.69, 9.17) is 9.47 Å². The van der Waals surface area contributed by atoms with Crippen LogP contribution in [0, 0.1) is 0 Å². The molecule has 0 aromatic heterocycles. The van der Waals surface area contributed by atoms with Crippen LogP contribution in [0.3, 0.4) is 0 Å². The number of hydrogen-bond acceptors (Lipinski definition) is 3. The van der Waals surface area contributed by atoms with Crippen molar-refractivity contribution in [3.8, 4) is 5.75 Å². The topological polar surface area (TPSA) is 35.5 Å². The van der Waals surface area contributed by atoms with Crippen molar-refractivity contribution >= 4 is 5.97 Å². The van der Waals surface area contributed by atoms with Crippen molar-refractivity contribution in [3.63, 3.8) is 0 Å². The van der Waals surface area contributed by atoms with E-state index in [1.807, 2.05) is 13.8 Å². The van der Waals surface area contributed by atoms with Gasteiger partial charge in [0.15, 0.2) is 0 Å². The van der Waals surface area contributed by atoms with Crippen molar-refractivity contribution in [2.24, 2.45) is 0 Å². The van der Waals surface area contributed by atoms with Crippen LogP contribution in [0.2, 0.25) is 0 Å². The molecule has 0 radical (unpaired) electrons. The van der Waals surface area contributed by atoms with Crippen molar-refractivity contribution < 1.29 is 14.3 Å². The Morgan fingerprint density at radius 3 is 2.40 bits per heavy atom. The Morgan fingerprint density at radius 2 is 1.93 bits per heavy atom. The van der Waals surface area contributed by atoms with E-state index in [2.05, 4.69) is 0 Å². The molecule has 82 valence electrons. The highest BCUT2D eigenvalue weighted by molar-refractivity contribution is 5.89. The molecule has 0 aliphatic rings. The maximum Gasteiger partial charge on any atom is 0.338 e. The normalized spacial score (nSPS) is 11.9. The molecule has 0 heterocycles. The first kappa shape index (κ1) is 11.6. The summed E-state index contributed by atoms with van der Waals surface area (Å²) in [6.45, 7) is 3.85. The van der Waals surface area contributed by atoms with Gasteiger partial charge >= 0.3 is 5.97 Å². The lowest BCUT2D eigenvalue weighted by atomic mass is 10.2. The van der Waals surface area contributed by atoms with Gasteiger partial charge < -0.3 is 9.47 Å². The second-order valence-electron chi connectivity index (χ2n) is 3.35. The number of methoxy groups -OCH3 is 1. The van der Waals surface area contributed by atoms with Crippen LogP contribution < -0.4 is 4.74 Å². The summed E-state index contributed by atoms with van der Waals surface area (Å²) >= 11 is 0. The highest BCUT2D eigenvalue weighted by atomic mass is 16.5. The van der Waals surface area contributed by atoms with Gasteiger partial charge in [0, 0.05) is 0 Å². The third kappa shape index (κ3) is 3.27. The lowest BCUT2D eigenvalue weighted by Gasteiger charge is -2.10. The Balaban J connectivity index is 2.66.